The second-order valence-electron chi connectivity index (χ2n) is 13.4. The predicted octanol–water partition coefficient (Wildman–Crippen LogP) is 6.34. The molecule has 49 heavy (non-hydrogen) atoms. The van der Waals surface area contributed by atoms with E-state index < -0.39 is 0 Å². The van der Waals surface area contributed by atoms with E-state index in [0.29, 0.717) is 41.4 Å². The molecule has 12 heteroatoms. The van der Waals surface area contributed by atoms with Crippen LogP contribution in [0.15, 0.2) is 55.4 Å². The number of ether oxygens (including phenoxy) is 1. The number of aromatic nitrogens is 2. The summed E-state index contributed by atoms with van der Waals surface area (Å²) < 4.78 is 5.90. The first-order valence-corrected chi connectivity index (χ1v) is 17.9. The minimum atomic E-state index is -0.269. The van der Waals surface area contributed by atoms with Crippen LogP contribution in [-0.4, -0.2) is 90.7 Å². The zero-order chi connectivity index (χ0) is 33.9. The molecule has 2 N–H and O–H groups in total. The van der Waals surface area contributed by atoms with Crippen LogP contribution in [0.5, 0.6) is 5.75 Å². The highest BCUT2D eigenvalue weighted by atomic mass is 35.5. The number of hydrogen-bond donors (Lipinski definition) is 2. The van der Waals surface area contributed by atoms with Crippen LogP contribution in [0.1, 0.15) is 55.7 Å². The van der Waals surface area contributed by atoms with Gasteiger partial charge < -0.3 is 20.3 Å². The third-order valence-corrected chi connectivity index (χ3v) is 11.1. The molecule has 260 valence electrons. The highest BCUT2D eigenvalue weighted by Crippen LogP contribution is 2.41. The molecule has 3 saturated heterocycles. The Morgan fingerprint density at radius 1 is 0.980 bits per heavy atom. The average molecular weight is 687 g/mol. The number of anilines is 5. The summed E-state index contributed by atoms with van der Waals surface area (Å²) in [4.78, 5) is 35.5. The average Bonchev–Trinajstić information content (AvgIpc) is 3.59. The van der Waals surface area contributed by atoms with Crippen LogP contribution in [0.25, 0.3) is 0 Å². The Morgan fingerprint density at radius 2 is 1.71 bits per heavy atom. The van der Waals surface area contributed by atoms with Gasteiger partial charge in [-0.1, -0.05) is 36.7 Å². The zero-order valence-electron chi connectivity index (χ0n) is 28.5. The SMILES string of the molecule is C=CC(=O)Nc1cc(Nc2cc(N3OCC[C@@H]3c3cccc(Cl)c3C)ncn2)c(OC)cc1N1CCC(N2CCN(C3CCC3)CC2)CC1. The van der Waals surface area contributed by atoms with Gasteiger partial charge in [-0.05, 0) is 61.9 Å². The van der Waals surface area contributed by atoms with Crippen LogP contribution < -0.4 is 25.3 Å². The Labute approximate surface area is 294 Å². The van der Waals surface area contributed by atoms with Gasteiger partial charge in [-0.15, -0.1) is 0 Å². The highest BCUT2D eigenvalue weighted by molar-refractivity contribution is 6.31. The summed E-state index contributed by atoms with van der Waals surface area (Å²) in [5.74, 6) is 1.56. The summed E-state index contributed by atoms with van der Waals surface area (Å²) >= 11 is 6.46. The van der Waals surface area contributed by atoms with Gasteiger partial charge in [0.25, 0.3) is 0 Å². The number of benzene rings is 2. The molecular formula is C37H47ClN8O3. The van der Waals surface area contributed by atoms with Crippen molar-refractivity contribution in [1.29, 1.82) is 0 Å². The number of amides is 1. The molecule has 1 amide bonds. The maximum atomic E-state index is 12.6. The summed E-state index contributed by atoms with van der Waals surface area (Å²) in [6.45, 7) is 12.8. The number of rotatable bonds is 10. The lowest BCUT2D eigenvalue weighted by molar-refractivity contribution is -0.111. The number of piperazine rings is 1. The number of nitrogens with one attached hydrogen (secondary N) is 2. The monoisotopic (exact) mass is 686 g/mol. The standard InChI is InChI=1S/C37H47ClN8O3/c1-4-37(47)42-30-21-31(41-35-23-36(40-24-39-35)46-32(13-20-49-46)28-9-6-10-29(38)25(28)2)34(48-3)22-33(30)45-14-11-27(12-15-45)44-18-16-43(17-19-44)26-7-5-8-26/h4,6,9-10,21-24,26-27,32H,1,5,7-8,11-20H2,2-3H3,(H,42,47)(H,39,40,41)/t32-/m1/s1. The van der Waals surface area contributed by atoms with Crippen molar-refractivity contribution in [2.75, 3.05) is 73.6 Å². The fourth-order valence-electron chi connectivity index (χ4n) is 7.71. The van der Waals surface area contributed by atoms with Crippen molar-refractivity contribution in [1.82, 2.24) is 19.8 Å². The molecular weight excluding hydrogens is 640 g/mol. The molecule has 11 nitrogen and oxygen atoms in total. The van der Waals surface area contributed by atoms with E-state index in [2.05, 4.69) is 47.9 Å². The van der Waals surface area contributed by atoms with Gasteiger partial charge in [0, 0.05) is 74.9 Å². The number of hydroxylamine groups is 1. The third-order valence-electron chi connectivity index (χ3n) is 10.7. The van der Waals surface area contributed by atoms with Crippen LogP contribution in [-0.2, 0) is 9.63 Å². The first-order valence-electron chi connectivity index (χ1n) is 17.6. The minimum Gasteiger partial charge on any atom is -0.494 e. The van der Waals surface area contributed by atoms with Crippen LogP contribution in [0, 0.1) is 6.92 Å². The molecule has 2 aromatic carbocycles. The molecule has 0 bridgehead atoms. The molecule has 4 aliphatic rings. The van der Waals surface area contributed by atoms with E-state index in [1.165, 1.54) is 44.8 Å². The van der Waals surface area contributed by atoms with Gasteiger partial charge in [0.2, 0.25) is 5.91 Å². The fourth-order valence-corrected chi connectivity index (χ4v) is 7.89. The first-order chi connectivity index (χ1) is 23.9. The van der Waals surface area contributed by atoms with Gasteiger partial charge in [0.05, 0.1) is 36.8 Å². The molecule has 1 saturated carbocycles. The zero-order valence-corrected chi connectivity index (χ0v) is 29.3. The highest BCUT2D eigenvalue weighted by Gasteiger charge is 2.33. The number of hydrogen-bond acceptors (Lipinski definition) is 10. The molecule has 3 aliphatic heterocycles. The Bertz CT molecular complexity index is 1650. The first kappa shape index (κ1) is 33.6. The number of carbonyl (C=O) groups excluding carboxylic acids is 1. The quantitative estimate of drug-likeness (QED) is 0.235. The van der Waals surface area contributed by atoms with Crippen LogP contribution >= 0.6 is 11.6 Å². The molecule has 1 aliphatic carbocycles. The molecule has 1 atom stereocenters. The maximum absolute atomic E-state index is 12.6. The van der Waals surface area contributed by atoms with E-state index in [9.17, 15) is 4.79 Å². The van der Waals surface area contributed by atoms with E-state index in [-0.39, 0.29) is 11.9 Å². The van der Waals surface area contributed by atoms with Gasteiger partial charge in [-0.25, -0.2) is 15.0 Å². The lowest BCUT2D eigenvalue weighted by Crippen LogP contribution is -2.56. The van der Waals surface area contributed by atoms with Crippen molar-refractivity contribution in [2.24, 2.45) is 0 Å². The maximum Gasteiger partial charge on any atom is 0.247 e. The molecule has 1 aromatic heterocycles. The van der Waals surface area contributed by atoms with Crippen molar-refractivity contribution in [2.45, 2.75) is 63.6 Å². The largest absolute Gasteiger partial charge is 0.494 e. The number of piperidine rings is 1. The summed E-state index contributed by atoms with van der Waals surface area (Å²) in [5.41, 5.74) is 4.42. The summed E-state index contributed by atoms with van der Waals surface area (Å²) in [7, 11) is 1.66. The Balaban J connectivity index is 1.07. The Hall–Kier alpha value is -3.90. The van der Waals surface area contributed by atoms with E-state index in [0.717, 1.165) is 73.3 Å². The topological polar surface area (TPSA) is 98.3 Å². The summed E-state index contributed by atoms with van der Waals surface area (Å²) in [5, 5.41) is 9.01. The van der Waals surface area contributed by atoms with Crippen molar-refractivity contribution in [3.8, 4) is 5.75 Å². The molecule has 4 heterocycles. The summed E-state index contributed by atoms with van der Waals surface area (Å²) in [6, 6.07) is 13.1. The van der Waals surface area contributed by atoms with Crippen molar-refractivity contribution >= 4 is 46.2 Å². The molecule has 0 unspecified atom stereocenters. The molecule has 0 radical (unpaired) electrons. The van der Waals surface area contributed by atoms with Crippen molar-refractivity contribution < 1.29 is 14.4 Å². The normalized spacial score (nSPS) is 21.0. The molecule has 7 rings (SSSR count). The van der Waals surface area contributed by atoms with Crippen molar-refractivity contribution in [3.05, 3.63) is 71.5 Å². The van der Waals surface area contributed by atoms with Gasteiger partial charge in [0.1, 0.15) is 17.9 Å². The second kappa shape index (κ2) is 14.9. The van der Waals surface area contributed by atoms with Crippen LogP contribution in [0.4, 0.5) is 28.7 Å². The number of nitrogens with zero attached hydrogens (tertiary/aromatic N) is 6. The predicted molar refractivity (Wildman–Crippen MR) is 195 cm³/mol. The second-order valence-corrected chi connectivity index (χ2v) is 13.8. The van der Waals surface area contributed by atoms with Crippen LogP contribution in [0.2, 0.25) is 5.02 Å². The number of halogens is 1. The van der Waals surface area contributed by atoms with Gasteiger partial charge in [-0.2, -0.15) is 0 Å². The third kappa shape index (κ3) is 7.21. The molecule has 0 spiro atoms. The van der Waals surface area contributed by atoms with E-state index in [4.69, 9.17) is 21.2 Å². The smallest absolute Gasteiger partial charge is 0.247 e. The van der Waals surface area contributed by atoms with Crippen LogP contribution in [0.3, 0.4) is 0 Å². The lowest BCUT2D eigenvalue weighted by atomic mass is 9.91. The molecule has 4 fully saturated rings. The lowest BCUT2D eigenvalue weighted by Gasteiger charge is -2.46. The Morgan fingerprint density at radius 3 is 2.39 bits per heavy atom. The van der Waals surface area contributed by atoms with E-state index >= 15 is 0 Å². The van der Waals surface area contributed by atoms with E-state index in [1.807, 2.05) is 42.3 Å². The molecule has 3 aromatic rings. The Kier molecular flexibility index (Phi) is 10.2. The minimum absolute atomic E-state index is 0.0305. The number of methoxy groups -OCH3 is 1. The van der Waals surface area contributed by atoms with E-state index in [1.54, 1.807) is 7.11 Å². The van der Waals surface area contributed by atoms with Gasteiger partial charge in [-0.3, -0.25) is 19.4 Å². The fraction of sp³-hybridized carbons (Fsp3) is 0.486. The van der Waals surface area contributed by atoms with Crippen molar-refractivity contribution in [3.63, 3.8) is 0 Å². The summed E-state index contributed by atoms with van der Waals surface area (Å²) in [6.07, 6.45) is 9.92. The number of carbonyl (C=O) groups is 1. The van der Waals surface area contributed by atoms with Gasteiger partial charge >= 0.3 is 0 Å². The van der Waals surface area contributed by atoms with Gasteiger partial charge in [0.15, 0.2) is 5.82 Å².